The van der Waals surface area contributed by atoms with Crippen molar-refractivity contribution in [3.8, 4) is 0 Å². The second-order valence-electron chi connectivity index (χ2n) is 5.35. The SMILES string of the molecule is CSCC[C@H](N)C(=O)N(C)CC1CCN(C)CC1. The molecule has 0 radical (unpaired) electrons. The van der Waals surface area contributed by atoms with Crippen LogP contribution in [0.5, 0.6) is 0 Å². The molecule has 1 rings (SSSR count). The topological polar surface area (TPSA) is 49.6 Å². The molecule has 1 saturated heterocycles. The zero-order valence-corrected chi connectivity index (χ0v) is 12.7. The molecule has 1 aliphatic heterocycles. The summed E-state index contributed by atoms with van der Waals surface area (Å²) in [5, 5.41) is 0. The van der Waals surface area contributed by atoms with Gasteiger partial charge in [-0.05, 0) is 57.3 Å². The van der Waals surface area contributed by atoms with E-state index < -0.39 is 0 Å². The molecule has 2 N–H and O–H groups in total. The molecule has 18 heavy (non-hydrogen) atoms. The number of nitrogens with zero attached hydrogens (tertiary/aromatic N) is 2. The highest BCUT2D eigenvalue weighted by molar-refractivity contribution is 7.98. The number of likely N-dealkylation sites (tertiary alicyclic amines) is 1. The van der Waals surface area contributed by atoms with Gasteiger partial charge in [0.2, 0.25) is 5.91 Å². The Bertz CT molecular complexity index is 255. The second-order valence-corrected chi connectivity index (χ2v) is 6.34. The molecule has 0 unspecified atom stereocenters. The van der Waals surface area contributed by atoms with E-state index in [4.69, 9.17) is 5.73 Å². The molecular formula is C13H27N3OS. The molecule has 4 nitrogen and oxygen atoms in total. The van der Waals surface area contributed by atoms with Crippen LogP contribution in [0.1, 0.15) is 19.3 Å². The maximum atomic E-state index is 12.1. The number of piperidine rings is 1. The van der Waals surface area contributed by atoms with Crippen molar-refractivity contribution in [3.63, 3.8) is 0 Å². The molecule has 1 aliphatic rings. The van der Waals surface area contributed by atoms with Gasteiger partial charge in [0.05, 0.1) is 6.04 Å². The highest BCUT2D eigenvalue weighted by Crippen LogP contribution is 2.17. The molecule has 0 saturated carbocycles. The molecule has 1 amide bonds. The van der Waals surface area contributed by atoms with Crippen LogP contribution in [0.25, 0.3) is 0 Å². The van der Waals surface area contributed by atoms with Crippen LogP contribution in [0.2, 0.25) is 0 Å². The van der Waals surface area contributed by atoms with Crippen molar-refractivity contribution in [1.29, 1.82) is 0 Å². The van der Waals surface area contributed by atoms with E-state index in [-0.39, 0.29) is 11.9 Å². The van der Waals surface area contributed by atoms with Crippen LogP contribution < -0.4 is 5.73 Å². The van der Waals surface area contributed by atoms with Gasteiger partial charge in [0, 0.05) is 13.6 Å². The molecule has 5 heteroatoms. The summed E-state index contributed by atoms with van der Waals surface area (Å²) < 4.78 is 0. The van der Waals surface area contributed by atoms with Crippen LogP contribution in [0.3, 0.4) is 0 Å². The van der Waals surface area contributed by atoms with E-state index in [0.29, 0.717) is 5.92 Å². The van der Waals surface area contributed by atoms with Crippen molar-refractivity contribution in [2.75, 3.05) is 45.7 Å². The normalized spacial score (nSPS) is 19.8. The van der Waals surface area contributed by atoms with Crippen molar-refractivity contribution >= 4 is 17.7 Å². The lowest BCUT2D eigenvalue weighted by molar-refractivity contribution is -0.132. The van der Waals surface area contributed by atoms with Crippen LogP contribution in [0.15, 0.2) is 0 Å². The van der Waals surface area contributed by atoms with Gasteiger partial charge in [-0.3, -0.25) is 4.79 Å². The number of likely N-dealkylation sites (N-methyl/N-ethyl adjacent to an activating group) is 1. The minimum atomic E-state index is -0.325. The van der Waals surface area contributed by atoms with Crippen molar-refractivity contribution in [3.05, 3.63) is 0 Å². The number of amides is 1. The van der Waals surface area contributed by atoms with Crippen molar-refractivity contribution in [2.24, 2.45) is 11.7 Å². The Labute approximate surface area is 115 Å². The van der Waals surface area contributed by atoms with Gasteiger partial charge >= 0.3 is 0 Å². The lowest BCUT2D eigenvalue weighted by Crippen LogP contribution is -2.45. The van der Waals surface area contributed by atoms with E-state index in [0.717, 1.165) is 31.8 Å². The van der Waals surface area contributed by atoms with Gasteiger partial charge < -0.3 is 15.5 Å². The first-order chi connectivity index (χ1) is 8.54. The zero-order chi connectivity index (χ0) is 13.5. The molecule has 0 aromatic carbocycles. The van der Waals surface area contributed by atoms with Crippen LogP contribution in [0.4, 0.5) is 0 Å². The maximum Gasteiger partial charge on any atom is 0.239 e. The van der Waals surface area contributed by atoms with Gasteiger partial charge in [0.15, 0.2) is 0 Å². The average molecular weight is 273 g/mol. The van der Waals surface area contributed by atoms with E-state index in [2.05, 4.69) is 11.9 Å². The lowest BCUT2D eigenvalue weighted by Gasteiger charge is -2.32. The minimum absolute atomic E-state index is 0.1000. The molecule has 0 aliphatic carbocycles. The fourth-order valence-electron chi connectivity index (χ4n) is 2.37. The third-order valence-corrected chi connectivity index (χ3v) is 4.34. The zero-order valence-electron chi connectivity index (χ0n) is 11.9. The average Bonchev–Trinajstić information content (AvgIpc) is 2.37. The van der Waals surface area contributed by atoms with Gasteiger partial charge in [-0.2, -0.15) is 11.8 Å². The number of carbonyl (C=O) groups is 1. The summed E-state index contributed by atoms with van der Waals surface area (Å²) in [6.07, 6.45) is 5.19. The fourth-order valence-corrected chi connectivity index (χ4v) is 2.86. The largest absolute Gasteiger partial charge is 0.344 e. The van der Waals surface area contributed by atoms with E-state index in [1.807, 2.05) is 18.2 Å². The third-order valence-electron chi connectivity index (χ3n) is 3.70. The quantitative estimate of drug-likeness (QED) is 0.780. The molecule has 0 bridgehead atoms. The number of rotatable bonds is 6. The standard InChI is InChI=1S/C13H27N3OS/c1-15-7-4-11(5-8-15)10-16(2)13(17)12(14)6-9-18-3/h11-12H,4-10,14H2,1-3H3/t12-/m0/s1. The molecule has 0 aromatic rings. The van der Waals surface area contributed by atoms with E-state index in [9.17, 15) is 4.79 Å². The predicted molar refractivity (Wildman–Crippen MR) is 78.8 cm³/mol. The van der Waals surface area contributed by atoms with Crippen molar-refractivity contribution in [1.82, 2.24) is 9.80 Å². The Morgan fingerprint density at radius 1 is 1.50 bits per heavy atom. The number of carbonyl (C=O) groups excluding carboxylic acids is 1. The first-order valence-electron chi connectivity index (χ1n) is 6.72. The first-order valence-corrected chi connectivity index (χ1v) is 8.12. The van der Waals surface area contributed by atoms with E-state index in [1.165, 1.54) is 12.8 Å². The van der Waals surface area contributed by atoms with Crippen LogP contribution >= 0.6 is 11.8 Å². The first kappa shape index (κ1) is 15.8. The molecule has 1 fully saturated rings. The lowest BCUT2D eigenvalue weighted by atomic mass is 9.96. The van der Waals surface area contributed by atoms with E-state index in [1.54, 1.807) is 11.8 Å². The van der Waals surface area contributed by atoms with Gasteiger partial charge in [-0.15, -0.1) is 0 Å². The Morgan fingerprint density at radius 3 is 2.67 bits per heavy atom. The predicted octanol–water partition coefficient (Wildman–Crippen LogP) is 0.867. The summed E-state index contributed by atoms with van der Waals surface area (Å²) in [6.45, 7) is 3.15. The summed E-state index contributed by atoms with van der Waals surface area (Å²) in [4.78, 5) is 16.3. The second kappa shape index (κ2) is 8.02. The monoisotopic (exact) mass is 273 g/mol. The Morgan fingerprint density at radius 2 is 2.11 bits per heavy atom. The van der Waals surface area contributed by atoms with Crippen molar-refractivity contribution < 1.29 is 4.79 Å². The van der Waals surface area contributed by atoms with E-state index >= 15 is 0 Å². The summed E-state index contributed by atoms with van der Waals surface area (Å²) in [5.74, 6) is 1.69. The number of hydrogen-bond acceptors (Lipinski definition) is 4. The number of nitrogens with two attached hydrogens (primary N) is 1. The summed E-state index contributed by atoms with van der Waals surface area (Å²) in [5.41, 5.74) is 5.92. The van der Waals surface area contributed by atoms with Crippen LogP contribution in [-0.2, 0) is 4.79 Å². The highest BCUT2D eigenvalue weighted by atomic mass is 32.2. The van der Waals surface area contributed by atoms with Gasteiger partial charge in [0.1, 0.15) is 0 Å². The molecule has 0 spiro atoms. The van der Waals surface area contributed by atoms with Crippen LogP contribution in [0, 0.1) is 5.92 Å². The summed E-state index contributed by atoms with van der Waals surface area (Å²) in [6, 6.07) is -0.325. The molecular weight excluding hydrogens is 246 g/mol. The number of hydrogen-bond donors (Lipinski definition) is 1. The molecule has 1 atom stereocenters. The van der Waals surface area contributed by atoms with Crippen LogP contribution in [-0.4, -0.2) is 67.5 Å². The summed E-state index contributed by atoms with van der Waals surface area (Å²) >= 11 is 1.74. The number of thioether (sulfide) groups is 1. The highest BCUT2D eigenvalue weighted by Gasteiger charge is 2.23. The Kier molecular flexibility index (Phi) is 7.04. The Balaban J connectivity index is 2.30. The van der Waals surface area contributed by atoms with Gasteiger partial charge in [0.25, 0.3) is 0 Å². The maximum absolute atomic E-state index is 12.1. The molecule has 106 valence electrons. The Hall–Kier alpha value is -0.260. The molecule has 0 aromatic heterocycles. The third kappa shape index (κ3) is 5.16. The fraction of sp³-hybridized carbons (Fsp3) is 0.923. The minimum Gasteiger partial charge on any atom is -0.344 e. The summed E-state index contributed by atoms with van der Waals surface area (Å²) in [7, 11) is 4.04. The van der Waals surface area contributed by atoms with Gasteiger partial charge in [-0.25, -0.2) is 0 Å². The smallest absolute Gasteiger partial charge is 0.239 e. The molecule has 1 heterocycles. The van der Waals surface area contributed by atoms with Crippen molar-refractivity contribution in [2.45, 2.75) is 25.3 Å². The van der Waals surface area contributed by atoms with Gasteiger partial charge in [-0.1, -0.05) is 0 Å².